The average Bonchev–Trinajstić information content (AvgIpc) is 3.24. The molecule has 2 atom stereocenters. The van der Waals surface area contributed by atoms with Crippen LogP contribution in [0.25, 0.3) is 10.9 Å². The lowest BCUT2D eigenvalue weighted by Crippen LogP contribution is -2.46. The number of fused-ring (bicyclic) bond motifs is 4. The van der Waals surface area contributed by atoms with Crippen LogP contribution in [-0.4, -0.2) is 33.6 Å². The second kappa shape index (κ2) is 5.20. The molecule has 1 amide bonds. The zero-order valence-corrected chi connectivity index (χ0v) is 13.4. The molecule has 0 spiro atoms. The normalized spacial score (nSPS) is 22.4. The van der Waals surface area contributed by atoms with E-state index in [0.717, 1.165) is 35.9 Å². The maximum atomic E-state index is 13.2. The number of hydrogen-bond acceptors (Lipinski definition) is 2. The smallest absolute Gasteiger partial charge is 0.254 e. The van der Waals surface area contributed by atoms with E-state index in [9.17, 15) is 4.79 Å². The monoisotopic (exact) mass is 317 g/mol. The summed E-state index contributed by atoms with van der Waals surface area (Å²) in [6.45, 7) is 0.859. The Bertz CT molecular complexity index is 929. The molecule has 24 heavy (non-hydrogen) atoms. The lowest BCUT2D eigenvalue weighted by Gasteiger charge is -2.38. The van der Waals surface area contributed by atoms with Crippen molar-refractivity contribution in [2.24, 2.45) is 0 Å². The number of carbonyl (C=O) groups is 1. The molecule has 0 radical (unpaired) electrons. The van der Waals surface area contributed by atoms with Gasteiger partial charge < -0.3 is 4.90 Å². The van der Waals surface area contributed by atoms with Crippen molar-refractivity contribution in [3.63, 3.8) is 0 Å². The summed E-state index contributed by atoms with van der Waals surface area (Å²) in [7, 11) is 0. The quantitative estimate of drug-likeness (QED) is 0.746. The number of benzene rings is 2. The summed E-state index contributed by atoms with van der Waals surface area (Å²) in [6.07, 6.45) is 5.03. The number of hydrogen-bond donors (Lipinski definition) is 1. The van der Waals surface area contributed by atoms with Crippen molar-refractivity contribution < 1.29 is 4.79 Å². The second-order valence-electron chi connectivity index (χ2n) is 6.89. The van der Waals surface area contributed by atoms with Crippen LogP contribution in [0.15, 0.2) is 48.7 Å². The van der Waals surface area contributed by atoms with Crippen molar-refractivity contribution in [3.05, 3.63) is 65.4 Å². The molecule has 2 aromatic carbocycles. The van der Waals surface area contributed by atoms with Gasteiger partial charge in [-0.05, 0) is 48.6 Å². The number of aromatic amines is 1. The molecule has 1 aliphatic carbocycles. The number of carbonyl (C=O) groups excluding carboxylic acids is 1. The predicted octanol–water partition coefficient (Wildman–Crippen LogP) is 3.51. The molecule has 120 valence electrons. The number of likely N-dealkylation sites (tertiary alicyclic amines) is 1. The first-order valence-corrected chi connectivity index (χ1v) is 8.63. The Labute approximate surface area is 140 Å². The van der Waals surface area contributed by atoms with Gasteiger partial charge in [0, 0.05) is 29.5 Å². The predicted molar refractivity (Wildman–Crippen MR) is 93.0 cm³/mol. The topological polar surface area (TPSA) is 49.0 Å². The summed E-state index contributed by atoms with van der Waals surface area (Å²) in [5.41, 5.74) is 4.60. The number of nitrogens with zero attached hydrogens (tertiary/aromatic N) is 2. The third-order valence-electron chi connectivity index (χ3n) is 5.61. The highest BCUT2D eigenvalue weighted by Crippen LogP contribution is 2.42. The first kappa shape index (κ1) is 13.8. The van der Waals surface area contributed by atoms with Gasteiger partial charge in [0.15, 0.2) is 0 Å². The highest BCUT2D eigenvalue weighted by molar-refractivity contribution is 5.98. The van der Waals surface area contributed by atoms with Crippen LogP contribution in [0.4, 0.5) is 0 Å². The first-order valence-electron chi connectivity index (χ1n) is 8.63. The Kier molecular flexibility index (Phi) is 2.98. The van der Waals surface area contributed by atoms with Crippen LogP contribution in [0.2, 0.25) is 0 Å². The van der Waals surface area contributed by atoms with Crippen molar-refractivity contribution in [2.45, 2.75) is 31.2 Å². The van der Waals surface area contributed by atoms with Gasteiger partial charge in [-0.2, -0.15) is 5.10 Å². The molecule has 1 aliphatic heterocycles. The molecule has 1 fully saturated rings. The number of H-pyrrole nitrogens is 1. The number of rotatable bonds is 1. The third-order valence-corrected chi connectivity index (χ3v) is 5.61. The zero-order valence-electron chi connectivity index (χ0n) is 13.4. The van der Waals surface area contributed by atoms with E-state index < -0.39 is 0 Å². The van der Waals surface area contributed by atoms with E-state index in [4.69, 9.17) is 0 Å². The van der Waals surface area contributed by atoms with Gasteiger partial charge in [-0.1, -0.05) is 24.3 Å². The maximum Gasteiger partial charge on any atom is 0.254 e. The van der Waals surface area contributed by atoms with E-state index in [1.807, 2.05) is 18.2 Å². The van der Waals surface area contributed by atoms with Gasteiger partial charge in [-0.25, -0.2) is 0 Å². The zero-order chi connectivity index (χ0) is 16.1. The molecule has 4 nitrogen and oxygen atoms in total. The van der Waals surface area contributed by atoms with Crippen molar-refractivity contribution in [1.82, 2.24) is 15.1 Å². The molecule has 1 aromatic heterocycles. The lowest BCUT2D eigenvalue weighted by molar-refractivity contribution is 0.0595. The van der Waals surface area contributed by atoms with E-state index in [2.05, 4.69) is 39.4 Å². The van der Waals surface area contributed by atoms with E-state index in [0.29, 0.717) is 12.0 Å². The summed E-state index contributed by atoms with van der Waals surface area (Å²) in [5.74, 6) is 0.650. The summed E-state index contributed by atoms with van der Waals surface area (Å²) in [6, 6.07) is 14.8. The van der Waals surface area contributed by atoms with Crippen LogP contribution in [0, 0.1) is 0 Å². The first-order chi connectivity index (χ1) is 11.8. The number of piperidine rings is 1. The van der Waals surface area contributed by atoms with Crippen LogP contribution >= 0.6 is 0 Å². The molecule has 2 heterocycles. The van der Waals surface area contributed by atoms with Crippen LogP contribution in [-0.2, 0) is 6.42 Å². The fourth-order valence-electron chi connectivity index (χ4n) is 4.47. The molecular formula is C20H19N3O. The molecule has 1 N–H and O–H groups in total. The van der Waals surface area contributed by atoms with Gasteiger partial charge in [-0.15, -0.1) is 0 Å². The fraction of sp³-hybridized carbons (Fsp3) is 0.300. The molecule has 5 rings (SSSR count). The summed E-state index contributed by atoms with van der Waals surface area (Å²) in [4.78, 5) is 15.3. The van der Waals surface area contributed by atoms with Crippen LogP contribution in [0.1, 0.15) is 40.2 Å². The van der Waals surface area contributed by atoms with Crippen LogP contribution < -0.4 is 0 Å². The number of aromatic nitrogens is 2. The van der Waals surface area contributed by atoms with Gasteiger partial charge in [0.25, 0.3) is 5.91 Å². The number of nitrogens with one attached hydrogen (secondary N) is 1. The highest BCUT2D eigenvalue weighted by atomic mass is 16.2. The van der Waals surface area contributed by atoms with E-state index in [1.54, 1.807) is 6.20 Å². The summed E-state index contributed by atoms with van der Waals surface area (Å²) in [5, 5.41) is 7.97. The molecule has 2 aliphatic rings. The summed E-state index contributed by atoms with van der Waals surface area (Å²) < 4.78 is 0. The van der Waals surface area contributed by atoms with E-state index >= 15 is 0 Å². The molecule has 0 saturated carbocycles. The Morgan fingerprint density at radius 1 is 1.21 bits per heavy atom. The molecule has 3 aromatic rings. The van der Waals surface area contributed by atoms with Gasteiger partial charge in [0.2, 0.25) is 0 Å². The Morgan fingerprint density at radius 2 is 2.12 bits per heavy atom. The SMILES string of the molecule is O=C(c1ccc2[nH]ncc2c1)N1CCC[C@@H]2c3ccccc3C[C@@H]21. The third kappa shape index (κ3) is 1.99. The van der Waals surface area contributed by atoms with Crippen LogP contribution in [0.5, 0.6) is 0 Å². The van der Waals surface area contributed by atoms with E-state index in [-0.39, 0.29) is 5.91 Å². The molecule has 1 saturated heterocycles. The minimum atomic E-state index is 0.153. The van der Waals surface area contributed by atoms with Crippen molar-refractivity contribution >= 4 is 16.8 Å². The molecule has 0 unspecified atom stereocenters. The van der Waals surface area contributed by atoms with Gasteiger partial charge in [0.1, 0.15) is 0 Å². The Balaban J connectivity index is 1.49. The summed E-state index contributed by atoms with van der Waals surface area (Å²) >= 11 is 0. The van der Waals surface area contributed by atoms with Crippen molar-refractivity contribution in [2.75, 3.05) is 6.54 Å². The van der Waals surface area contributed by atoms with Crippen molar-refractivity contribution in [1.29, 1.82) is 0 Å². The fourth-order valence-corrected chi connectivity index (χ4v) is 4.47. The minimum Gasteiger partial charge on any atom is -0.335 e. The van der Waals surface area contributed by atoms with Crippen LogP contribution in [0.3, 0.4) is 0 Å². The van der Waals surface area contributed by atoms with Gasteiger partial charge in [0.05, 0.1) is 11.7 Å². The average molecular weight is 317 g/mol. The largest absolute Gasteiger partial charge is 0.335 e. The standard InChI is InChI=1S/C20H19N3O/c24-20(14-7-8-18-15(10-14)12-21-22-18)23-9-3-6-17-16-5-2-1-4-13(16)11-19(17)23/h1-2,4-5,7-8,10,12,17,19H,3,6,9,11H2,(H,21,22)/t17-,19+/m1/s1. The van der Waals surface area contributed by atoms with Gasteiger partial charge >= 0.3 is 0 Å². The molecule has 4 heteroatoms. The number of amides is 1. The Morgan fingerprint density at radius 3 is 3.08 bits per heavy atom. The lowest BCUT2D eigenvalue weighted by atomic mass is 9.88. The Hall–Kier alpha value is -2.62. The minimum absolute atomic E-state index is 0.153. The maximum absolute atomic E-state index is 13.2. The van der Waals surface area contributed by atoms with Gasteiger partial charge in [-0.3, -0.25) is 9.89 Å². The van der Waals surface area contributed by atoms with Crippen molar-refractivity contribution in [3.8, 4) is 0 Å². The van der Waals surface area contributed by atoms with E-state index in [1.165, 1.54) is 17.5 Å². The second-order valence-corrected chi connectivity index (χ2v) is 6.89. The molecule has 0 bridgehead atoms. The molecular weight excluding hydrogens is 298 g/mol. The highest BCUT2D eigenvalue weighted by Gasteiger charge is 2.40.